The first-order valence-electron chi connectivity index (χ1n) is 6.35. The molecule has 4 heteroatoms. The highest BCUT2D eigenvalue weighted by Crippen LogP contribution is 2.26. The Morgan fingerprint density at radius 2 is 1.75 bits per heavy atom. The lowest BCUT2D eigenvalue weighted by molar-refractivity contribution is 0.151. The van der Waals surface area contributed by atoms with Gasteiger partial charge in [0.1, 0.15) is 0 Å². The number of anilines is 1. The molecule has 0 aliphatic heterocycles. The summed E-state index contributed by atoms with van der Waals surface area (Å²) >= 11 is 3.46. The largest absolute Gasteiger partial charge is 0.381 e. The Bertz CT molecular complexity index is 588. The maximum Gasteiger partial charge on any atom is 0.263 e. The third kappa shape index (κ3) is 3.57. The van der Waals surface area contributed by atoms with Crippen molar-refractivity contribution in [1.29, 1.82) is 0 Å². The highest BCUT2D eigenvalue weighted by molar-refractivity contribution is 9.10. The van der Waals surface area contributed by atoms with Crippen molar-refractivity contribution in [2.45, 2.75) is 26.8 Å². The summed E-state index contributed by atoms with van der Waals surface area (Å²) in [6.45, 7) is 4.58. The van der Waals surface area contributed by atoms with Crippen LogP contribution in [0, 0.1) is 13.8 Å². The minimum absolute atomic E-state index is 0.0635. The molecule has 1 N–H and O–H groups in total. The Hall–Kier alpha value is -1.42. The summed E-state index contributed by atoms with van der Waals surface area (Å²) in [6, 6.07) is 10.6. The van der Waals surface area contributed by atoms with Gasteiger partial charge < -0.3 is 5.32 Å². The lowest BCUT2D eigenvalue weighted by atomic mass is 10.1. The van der Waals surface area contributed by atoms with Crippen LogP contribution in [0.2, 0.25) is 0 Å². The van der Waals surface area contributed by atoms with Crippen molar-refractivity contribution in [2.75, 3.05) is 5.32 Å². The van der Waals surface area contributed by atoms with E-state index in [-0.39, 0.29) is 5.56 Å². The number of rotatable bonds is 4. The van der Waals surface area contributed by atoms with E-state index >= 15 is 0 Å². The first kappa shape index (κ1) is 15.0. The van der Waals surface area contributed by atoms with Gasteiger partial charge in [-0.25, -0.2) is 8.78 Å². The van der Waals surface area contributed by atoms with E-state index in [1.54, 1.807) is 12.1 Å². The van der Waals surface area contributed by atoms with Gasteiger partial charge in [0.2, 0.25) is 0 Å². The van der Waals surface area contributed by atoms with E-state index < -0.39 is 6.43 Å². The van der Waals surface area contributed by atoms with Gasteiger partial charge in [0.15, 0.2) is 0 Å². The molecule has 0 radical (unpaired) electrons. The maximum atomic E-state index is 12.7. The van der Waals surface area contributed by atoms with E-state index in [9.17, 15) is 8.78 Å². The van der Waals surface area contributed by atoms with Gasteiger partial charge in [-0.1, -0.05) is 34.1 Å². The first-order chi connectivity index (χ1) is 9.47. The zero-order valence-corrected chi connectivity index (χ0v) is 13.0. The Morgan fingerprint density at radius 1 is 1.10 bits per heavy atom. The molecule has 20 heavy (non-hydrogen) atoms. The molecule has 0 saturated heterocycles. The van der Waals surface area contributed by atoms with E-state index in [1.807, 2.05) is 32.0 Å². The van der Waals surface area contributed by atoms with Gasteiger partial charge in [-0.15, -0.1) is 0 Å². The van der Waals surface area contributed by atoms with E-state index in [1.165, 1.54) is 6.07 Å². The molecule has 106 valence electrons. The van der Waals surface area contributed by atoms with Crippen molar-refractivity contribution in [3.63, 3.8) is 0 Å². The third-order valence-electron chi connectivity index (χ3n) is 3.17. The predicted molar refractivity (Wildman–Crippen MR) is 82.3 cm³/mol. The fourth-order valence-electron chi connectivity index (χ4n) is 2.22. The van der Waals surface area contributed by atoms with Crippen molar-refractivity contribution in [3.8, 4) is 0 Å². The Balaban J connectivity index is 2.15. The monoisotopic (exact) mass is 339 g/mol. The van der Waals surface area contributed by atoms with Gasteiger partial charge in [0.25, 0.3) is 6.43 Å². The summed E-state index contributed by atoms with van der Waals surface area (Å²) < 4.78 is 26.4. The second-order valence-corrected chi connectivity index (χ2v) is 5.73. The molecule has 1 nitrogen and oxygen atoms in total. The zero-order chi connectivity index (χ0) is 14.7. The maximum absolute atomic E-state index is 12.7. The van der Waals surface area contributed by atoms with Crippen LogP contribution in [-0.2, 0) is 6.54 Å². The molecule has 0 atom stereocenters. The number of benzene rings is 2. The van der Waals surface area contributed by atoms with Crippen LogP contribution in [0.5, 0.6) is 0 Å². The molecule has 0 amide bonds. The van der Waals surface area contributed by atoms with Crippen LogP contribution in [0.15, 0.2) is 40.9 Å². The molecular formula is C16H16BrF2N. The van der Waals surface area contributed by atoms with E-state index in [2.05, 4.69) is 21.2 Å². The van der Waals surface area contributed by atoms with Gasteiger partial charge in [-0.3, -0.25) is 0 Å². The van der Waals surface area contributed by atoms with Crippen LogP contribution < -0.4 is 5.32 Å². The normalized spacial score (nSPS) is 10.9. The first-order valence-corrected chi connectivity index (χ1v) is 7.14. The summed E-state index contributed by atoms with van der Waals surface area (Å²) in [4.78, 5) is 0. The van der Waals surface area contributed by atoms with Crippen molar-refractivity contribution >= 4 is 21.6 Å². The molecule has 0 spiro atoms. The lowest BCUT2D eigenvalue weighted by Gasteiger charge is -2.14. The highest BCUT2D eigenvalue weighted by Gasteiger charge is 2.08. The second kappa shape index (κ2) is 6.35. The van der Waals surface area contributed by atoms with Crippen molar-refractivity contribution in [2.24, 2.45) is 0 Å². The lowest BCUT2D eigenvalue weighted by Crippen LogP contribution is -2.03. The van der Waals surface area contributed by atoms with Gasteiger partial charge in [0, 0.05) is 22.3 Å². The predicted octanol–water partition coefficient (Wildman–Crippen LogP) is 5.62. The average molecular weight is 340 g/mol. The summed E-state index contributed by atoms with van der Waals surface area (Å²) in [7, 11) is 0. The molecule has 0 aliphatic rings. The zero-order valence-electron chi connectivity index (χ0n) is 11.4. The van der Waals surface area contributed by atoms with Crippen LogP contribution in [0.25, 0.3) is 0 Å². The number of halogens is 3. The van der Waals surface area contributed by atoms with Gasteiger partial charge in [-0.2, -0.15) is 0 Å². The van der Waals surface area contributed by atoms with E-state index in [0.29, 0.717) is 6.54 Å². The summed E-state index contributed by atoms with van der Waals surface area (Å²) in [5, 5.41) is 3.33. The molecule has 0 aliphatic carbocycles. The van der Waals surface area contributed by atoms with Crippen molar-refractivity contribution in [1.82, 2.24) is 0 Å². The van der Waals surface area contributed by atoms with Crippen molar-refractivity contribution in [3.05, 3.63) is 63.1 Å². The van der Waals surface area contributed by atoms with Crippen LogP contribution in [0.4, 0.5) is 14.5 Å². The molecule has 2 rings (SSSR count). The molecule has 0 fully saturated rings. The van der Waals surface area contributed by atoms with Crippen LogP contribution in [0.1, 0.15) is 28.7 Å². The molecule has 0 bridgehead atoms. The van der Waals surface area contributed by atoms with Crippen molar-refractivity contribution < 1.29 is 8.78 Å². The number of nitrogens with one attached hydrogen (secondary N) is 1. The molecule has 2 aromatic carbocycles. The van der Waals surface area contributed by atoms with Crippen LogP contribution >= 0.6 is 15.9 Å². The van der Waals surface area contributed by atoms with Gasteiger partial charge in [0.05, 0.1) is 0 Å². The number of hydrogen-bond donors (Lipinski definition) is 1. The fourth-order valence-corrected chi connectivity index (χ4v) is 2.91. The Labute approximate surface area is 126 Å². The number of hydrogen-bond acceptors (Lipinski definition) is 1. The Morgan fingerprint density at radius 3 is 2.35 bits per heavy atom. The Kier molecular flexibility index (Phi) is 4.76. The van der Waals surface area contributed by atoms with Gasteiger partial charge in [-0.05, 0) is 48.7 Å². The van der Waals surface area contributed by atoms with Crippen LogP contribution in [0.3, 0.4) is 0 Å². The topological polar surface area (TPSA) is 12.0 Å². The summed E-state index contributed by atoms with van der Waals surface area (Å²) in [5.74, 6) is 0. The smallest absolute Gasteiger partial charge is 0.263 e. The number of alkyl halides is 2. The van der Waals surface area contributed by atoms with Crippen LogP contribution in [-0.4, -0.2) is 0 Å². The second-order valence-electron chi connectivity index (χ2n) is 4.81. The van der Waals surface area contributed by atoms with E-state index in [0.717, 1.165) is 26.9 Å². The molecular weight excluding hydrogens is 324 g/mol. The summed E-state index contributed by atoms with van der Waals surface area (Å²) in [6.07, 6.45) is -2.42. The SMILES string of the molecule is Cc1cc(Br)cc(C)c1NCc1cccc(C(F)F)c1. The quantitative estimate of drug-likeness (QED) is 0.762. The highest BCUT2D eigenvalue weighted by atomic mass is 79.9. The van der Waals surface area contributed by atoms with Gasteiger partial charge >= 0.3 is 0 Å². The molecule has 2 aromatic rings. The molecule has 0 unspecified atom stereocenters. The number of aryl methyl sites for hydroxylation is 2. The molecule has 0 saturated carbocycles. The average Bonchev–Trinajstić information content (AvgIpc) is 2.37. The fraction of sp³-hybridized carbons (Fsp3) is 0.250. The third-order valence-corrected chi connectivity index (χ3v) is 3.63. The minimum Gasteiger partial charge on any atom is -0.381 e. The minimum atomic E-state index is -2.42. The van der Waals surface area contributed by atoms with E-state index in [4.69, 9.17) is 0 Å². The summed E-state index contributed by atoms with van der Waals surface area (Å²) in [5.41, 5.74) is 4.22. The molecule has 0 aromatic heterocycles. The molecule has 0 heterocycles. The standard InChI is InChI=1S/C16H16BrF2N/c1-10-6-14(17)7-11(2)15(10)20-9-12-4-3-5-13(8-12)16(18)19/h3-8,16,20H,9H2,1-2H3.